The van der Waals surface area contributed by atoms with Gasteiger partial charge in [0.25, 0.3) is 0 Å². The first-order chi connectivity index (χ1) is 3.68. The Morgan fingerprint density at radius 2 is 2.50 bits per heavy atom. The van der Waals surface area contributed by atoms with Gasteiger partial charge in [0, 0.05) is 13.8 Å². The minimum absolute atomic E-state index is 0.347. The van der Waals surface area contributed by atoms with E-state index in [1.54, 1.807) is 7.05 Å². The van der Waals surface area contributed by atoms with Gasteiger partial charge in [-0.3, -0.25) is 10.4 Å². The predicted molar refractivity (Wildman–Crippen MR) is 37.2 cm³/mol. The highest BCUT2D eigenvalue weighted by Crippen LogP contribution is 1.70. The third kappa shape index (κ3) is 2.49. The maximum absolute atomic E-state index is 5.16. The number of thiocarbonyl (C=S) groups is 1. The van der Waals surface area contributed by atoms with Crippen LogP contribution < -0.4 is 11.3 Å². The Kier molecular flexibility index (Phi) is 3.05. The first kappa shape index (κ1) is 7.32. The van der Waals surface area contributed by atoms with Gasteiger partial charge in [-0.25, -0.2) is 5.84 Å². The molecule has 0 fully saturated rings. The number of hydrogen-bond acceptors (Lipinski definition) is 3. The van der Waals surface area contributed by atoms with Crippen molar-refractivity contribution in [3.63, 3.8) is 0 Å². The van der Waals surface area contributed by atoms with Gasteiger partial charge in [0.1, 0.15) is 0 Å². The molecule has 0 saturated heterocycles. The third-order valence-electron chi connectivity index (χ3n) is 0.495. The van der Waals surface area contributed by atoms with Crippen molar-refractivity contribution in [1.82, 2.24) is 10.4 Å². The minimum Gasteiger partial charge on any atom is -0.289 e. The SMILES string of the molecule is C=NNC(=S)N(C)N. The van der Waals surface area contributed by atoms with E-state index in [4.69, 9.17) is 5.84 Å². The molecular weight excluding hydrogens is 124 g/mol. The van der Waals surface area contributed by atoms with E-state index in [0.717, 1.165) is 0 Å². The van der Waals surface area contributed by atoms with Crippen LogP contribution in [-0.4, -0.2) is 23.9 Å². The average molecular weight is 132 g/mol. The van der Waals surface area contributed by atoms with Crippen LogP contribution in [0.3, 0.4) is 0 Å². The van der Waals surface area contributed by atoms with Gasteiger partial charge in [0.2, 0.25) is 5.11 Å². The van der Waals surface area contributed by atoms with Crippen molar-refractivity contribution in [1.29, 1.82) is 0 Å². The molecule has 4 nitrogen and oxygen atoms in total. The maximum atomic E-state index is 5.16. The van der Waals surface area contributed by atoms with Crippen LogP contribution in [0.4, 0.5) is 0 Å². The zero-order valence-corrected chi connectivity index (χ0v) is 5.40. The molecule has 0 atom stereocenters. The van der Waals surface area contributed by atoms with Crippen LogP contribution in [0.2, 0.25) is 0 Å². The summed E-state index contributed by atoms with van der Waals surface area (Å²) in [6.45, 7) is 3.15. The Morgan fingerprint density at radius 1 is 2.00 bits per heavy atom. The molecule has 0 radical (unpaired) electrons. The molecule has 0 amide bonds. The van der Waals surface area contributed by atoms with Crippen molar-refractivity contribution >= 4 is 24.0 Å². The Labute approximate surface area is 53.3 Å². The molecule has 0 aliphatic rings. The molecule has 0 rings (SSSR count). The molecule has 0 bridgehead atoms. The van der Waals surface area contributed by atoms with Gasteiger partial charge in [-0.1, -0.05) is 0 Å². The number of hydrazine groups is 1. The summed E-state index contributed by atoms with van der Waals surface area (Å²) in [5, 5.41) is 4.88. The van der Waals surface area contributed by atoms with Gasteiger partial charge < -0.3 is 0 Å². The maximum Gasteiger partial charge on any atom is 0.203 e. The number of nitrogens with one attached hydrogen (secondary N) is 1. The summed E-state index contributed by atoms with van der Waals surface area (Å²) in [5.74, 6) is 5.16. The average Bonchev–Trinajstić information content (AvgIpc) is 1.67. The first-order valence-electron chi connectivity index (χ1n) is 1.92. The van der Waals surface area contributed by atoms with E-state index in [1.165, 1.54) is 5.01 Å². The molecule has 0 unspecified atom stereocenters. The molecule has 5 heteroatoms. The van der Waals surface area contributed by atoms with E-state index in [0.29, 0.717) is 5.11 Å². The monoisotopic (exact) mass is 132 g/mol. The second kappa shape index (κ2) is 3.34. The van der Waals surface area contributed by atoms with Crippen molar-refractivity contribution in [2.24, 2.45) is 10.9 Å². The fraction of sp³-hybridized carbons (Fsp3) is 0.333. The van der Waals surface area contributed by atoms with E-state index in [9.17, 15) is 0 Å². The summed E-state index contributed by atoms with van der Waals surface area (Å²) in [5.41, 5.74) is 2.39. The van der Waals surface area contributed by atoms with Crippen LogP contribution in [-0.2, 0) is 0 Å². The summed E-state index contributed by atoms with van der Waals surface area (Å²) in [4.78, 5) is 0. The zero-order valence-electron chi connectivity index (χ0n) is 4.59. The quantitative estimate of drug-likeness (QED) is 0.214. The summed E-state index contributed by atoms with van der Waals surface area (Å²) in [6, 6.07) is 0. The molecule has 0 saturated carbocycles. The first-order valence-corrected chi connectivity index (χ1v) is 2.33. The number of hydrazone groups is 1. The fourth-order valence-corrected chi connectivity index (χ4v) is 0.211. The van der Waals surface area contributed by atoms with Crippen molar-refractivity contribution in [3.8, 4) is 0 Å². The summed E-state index contributed by atoms with van der Waals surface area (Å²) in [7, 11) is 1.61. The molecule has 0 aromatic rings. The van der Waals surface area contributed by atoms with Gasteiger partial charge in [0.15, 0.2) is 0 Å². The highest BCUT2D eigenvalue weighted by molar-refractivity contribution is 7.80. The number of hydrogen-bond donors (Lipinski definition) is 2. The molecule has 0 heterocycles. The van der Waals surface area contributed by atoms with Crippen LogP contribution in [0, 0.1) is 0 Å². The largest absolute Gasteiger partial charge is 0.289 e. The number of rotatable bonds is 1. The van der Waals surface area contributed by atoms with E-state index < -0.39 is 0 Å². The number of nitrogens with two attached hydrogens (primary N) is 1. The molecule has 3 N–H and O–H groups in total. The lowest BCUT2D eigenvalue weighted by atomic mass is 11.0. The predicted octanol–water partition coefficient (Wildman–Crippen LogP) is -0.718. The van der Waals surface area contributed by atoms with Gasteiger partial charge in [-0.15, -0.1) is 0 Å². The Morgan fingerprint density at radius 3 is 2.62 bits per heavy atom. The van der Waals surface area contributed by atoms with Crippen molar-refractivity contribution in [3.05, 3.63) is 0 Å². The van der Waals surface area contributed by atoms with Crippen molar-refractivity contribution in [2.75, 3.05) is 7.05 Å². The molecule has 8 heavy (non-hydrogen) atoms. The lowest BCUT2D eigenvalue weighted by molar-refractivity contribution is 0.528. The van der Waals surface area contributed by atoms with Crippen molar-refractivity contribution < 1.29 is 0 Å². The highest BCUT2D eigenvalue weighted by atomic mass is 32.1. The topological polar surface area (TPSA) is 53.7 Å². The smallest absolute Gasteiger partial charge is 0.203 e. The second-order valence-corrected chi connectivity index (χ2v) is 1.57. The summed E-state index contributed by atoms with van der Waals surface area (Å²) >= 11 is 4.63. The molecular formula is C3H8N4S. The van der Waals surface area contributed by atoms with Gasteiger partial charge in [-0.05, 0) is 12.2 Å². The van der Waals surface area contributed by atoms with Crippen LogP contribution in [0.15, 0.2) is 5.10 Å². The fourth-order valence-electron chi connectivity index (χ4n) is 0.146. The van der Waals surface area contributed by atoms with E-state index >= 15 is 0 Å². The molecule has 0 aromatic carbocycles. The molecule has 46 valence electrons. The van der Waals surface area contributed by atoms with Gasteiger partial charge in [0.05, 0.1) is 0 Å². The van der Waals surface area contributed by atoms with E-state index in [2.05, 4.69) is 29.5 Å². The molecule has 0 aliphatic carbocycles. The van der Waals surface area contributed by atoms with Crippen LogP contribution >= 0.6 is 12.2 Å². The molecule has 0 spiro atoms. The van der Waals surface area contributed by atoms with Gasteiger partial charge >= 0.3 is 0 Å². The Hall–Kier alpha value is -0.680. The molecule has 0 aliphatic heterocycles. The second-order valence-electron chi connectivity index (χ2n) is 1.19. The van der Waals surface area contributed by atoms with E-state index in [1.807, 2.05) is 0 Å². The number of nitrogens with zero attached hydrogens (tertiary/aromatic N) is 2. The van der Waals surface area contributed by atoms with E-state index in [-0.39, 0.29) is 0 Å². The Bertz CT molecular complexity index is 99.5. The third-order valence-corrected chi connectivity index (χ3v) is 0.874. The van der Waals surface area contributed by atoms with Crippen LogP contribution in [0.1, 0.15) is 0 Å². The highest BCUT2D eigenvalue weighted by Gasteiger charge is 1.91. The van der Waals surface area contributed by atoms with Gasteiger partial charge in [-0.2, -0.15) is 5.10 Å². The lowest BCUT2D eigenvalue weighted by Gasteiger charge is -2.10. The van der Waals surface area contributed by atoms with Crippen molar-refractivity contribution in [2.45, 2.75) is 0 Å². The zero-order chi connectivity index (χ0) is 6.57. The normalized spacial score (nSPS) is 7.75. The summed E-state index contributed by atoms with van der Waals surface area (Å²) in [6.07, 6.45) is 0. The van der Waals surface area contributed by atoms with Crippen LogP contribution in [0.25, 0.3) is 0 Å². The minimum atomic E-state index is 0.347. The molecule has 0 aromatic heterocycles. The van der Waals surface area contributed by atoms with Crippen LogP contribution in [0.5, 0.6) is 0 Å². The summed E-state index contributed by atoms with van der Waals surface area (Å²) < 4.78 is 0. The Balaban J connectivity index is 3.48. The lowest BCUT2D eigenvalue weighted by Crippen LogP contribution is -2.38. The standard InChI is InChI=1S/C3H8N4S/c1-5-6-3(8)7(2)4/h1,4H2,2H3,(H,6,8).